The molecule has 0 nitrogen and oxygen atoms in total. The lowest BCUT2D eigenvalue weighted by molar-refractivity contribution is 0.957. The van der Waals surface area contributed by atoms with E-state index in [0.717, 1.165) is 0 Å². The average molecular weight is 280 g/mol. The summed E-state index contributed by atoms with van der Waals surface area (Å²) in [6, 6.07) is 2.28. The minimum atomic E-state index is 1.27. The van der Waals surface area contributed by atoms with Crippen LogP contribution >= 0.6 is 33.9 Å². The van der Waals surface area contributed by atoms with Crippen molar-refractivity contribution in [2.45, 2.75) is 26.7 Å². The van der Waals surface area contributed by atoms with Gasteiger partial charge >= 0.3 is 0 Å². The molecule has 0 N–H and O–H groups in total. The molecule has 0 aliphatic heterocycles. The van der Waals surface area contributed by atoms with Gasteiger partial charge in [0.2, 0.25) is 0 Å². The van der Waals surface area contributed by atoms with E-state index in [1.165, 1.54) is 27.7 Å². The van der Waals surface area contributed by atoms with Crippen molar-refractivity contribution in [3.63, 3.8) is 0 Å². The molecule has 1 rings (SSSR count). The lowest BCUT2D eigenvalue weighted by Gasteiger charge is -1.94. The highest BCUT2D eigenvalue weighted by Crippen LogP contribution is 2.22. The zero-order chi connectivity index (χ0) is 8.27. The third-order valence-electron chi connectivity index (χ3n) is 1.68. The minimum Gasteiger partial charge on any atom is -0.145 e. The molecule has 0 aromatic carbocycles. The Morgan fingerprint density at radius 1 is 1.45 bits per heavy atom. The van der Waals surface area contributed by atoms with Crippen LogP contribution in [0.4, 0.5) is 0 Å². The van der Waals surface area contributed by atoms with Crippen molar-refractivity contribution in [1.29, 1.82) is 0 Å². The summed E-state index contributed by atoms with van der Waals surface area (Å²) in [5.74, 6) is 0. The lowest BCUT2D eigenvalue weighted by Crippen LogP contribution is -1.83. The quantitative estimate of drug-likeness (QED) is 0.584. The standard InChI is InChI=1S/C9H13IS/c1-7-6-8(2)11-9(7)4-3-5-10/h6H,3-5H2,1-2H3. The molecule has 0 spiro atoms. The van der Waals surface area contributed by atoms with E-state index in [4.69, 9.17) is 0 Å². The Morgan fingerprint density at radius 3 is 2.64 bits per heavy atom. The summed E-state index contributed by atoms with van der Waals surface area (Å²) in [4.78, 5) is 3.03. The smallest absolute Gasteiger partial charge is 0.00775 e. The SMILES string of the molecule is Cc1cc(C)c(CCCI)s1. The van der Waals surface area contributed by atoms with E-state index in [1.54, 1.807) is 4.88 Å². The molecule has 62 valence electrons. The first-order chi connectivity index (χ1) is 5.24. The Balaban J connectivity index is 2.62. The van der Waals surface area contributed by atoms with Crippen LogP contribution in [0.25, 0.3) is 0 Å². The molecular formula is C9H13IS. The van der Waals surface area contributed by atoms with Gasteiger partial charge in [-0.15, -0.1) is 11.3 Å². The van der Waals surface area contributed by atoms with Crippen molar-refractivity contribution < 1.29 is 0 Å². The monoisotopic (exact) mass is 280 g/mol. The lowest BCUT2D eigenvalue weighted by atomic mass is 10.2. The van der Waals surface area contributed by atoms with Crippen molar-refractivity contribution in [2.24, 2.45) is 0 Å². The average Bonchev–Trinajstić information content (AvgIpc) is 2.26. The van der Waals surface area contributed by atoms with Crippen molar-refractivity contribution in [1.82, 2.24) is 0 Å². The van der Waals surface area contributed by atoms with Gasteiger partial charge < -0.3 is 0 Å². The molecule has 0 unspecified atom stereocenters. The first kappa shape index (κ1) is 9.52. The van der Waals surface area contributed by atoms with E-state index in [-0.39, 0.29) is 0 Å². The van der Waals surface area contributed by atoms with Crippen LogP contribution in [0.5, 0.6) is 0 Å². The number of aryl methyl sites for hydroxylation is 3. The molecule has 0 bridgehead atoms. The van der Waals surface area contributed by atoms with Crippen molar-refractivity contribution in [3.05, 3.63) is 21.4 Å². The molecule has 0 aliphatic carbocycles. The molecule has 1 aromatic rings. The first-order valence-corrected chi connectivity index (χ1v) is 6.20. The second-order valence-electron chi connectivity index (χ2n) is 2.76. The summed E-state index contributed by atoms with van der Waals surface area (Å²) in [6.45, 7) is 4.40. The Morgan fingerprint density at radius 2 is 2.18 bits per heavy atom. The molecule has 1 aromatic heterocycles. The number of halogens is 1. The number of hydrogen-bond donors (Lipinski definition) is 0. The maximum Gasteiger partial charge on any atom is 0.00775 e. The van der Waals surface area contributed by atoms with Gasteiger partial charge in [-0.3, -0.25) is 0 Å². The van der Waals surface area contributed by atoms with Crippen LogP contribution in [-0.4, -0.2) is 4.43 Å². The van der Waals surface area contributed by atoms with Crippen LogP contribution < -0.4 is 0 Å². The van der Waals surface area contributed by atoms with Crippen molar-refractivity contribution in [3.8, 4) is 0 Å². The molecule has 11 heavy (non-hydrogen) atoms. The van der Waals surface area contributed by atoms with E-state index in [9.17, 15) is 0 Å². The predicted molar refractivity (Wildman–Crippen MR) is 61.0 cm³/mol. The topological polar surface area (TPSA) is 0 Å². The van der Waals surface area contributed by atoms with E-state index >= 15 is 0 Å². The van der Waals surface area contributed by atoms with Gasteiger partial charge in [0.25, 0.3) is 0 Å². The molecule has 0 saturated carbocycles. The molecular weight excluding hydrogens is 267 g/mol. The second-order valence-corrected chi connectivity index (χ2v) is 5.18. The largest absolute Gasteiger partial charge is 0.145 e. The van der Waals surface area contributed by atoms with Crippen LogP contribution in [0, 0.1) is 13.8 Å². The van der Waals surface area contributed by atoms with Gasteiger partial charge in [0, 0.05) is 9.75 Å². The van der Waals surface area contributed by atoms with Crippen LogP contribution in [0.2, 0.25) is 0 Å². The zero-order valence-corrected chi connectivity index (χ0v) is 9.96. The normalized spacial score (nSPS) is 10.5. The van der Waals surface area contributed by atoms with Crippen LogP contribution in [0.1, 0.15) is 21.7 Å². The number of hydrogen-bond acceptors (Lipinski definition) is 1. The van der Waals surface area contributed by atoms with Crippen molar-refractivity contribution in [2.75, 3.05) is 4.43 Å². The summed E-state index contributed by atoms with van der Waals surface area (Å²) in [7, 11) is 0. The fourth-order valence-electron chi connectivity index (χ4n) is 1.17. The summed E-state index contributed by atoms with van der Waals surface area (Å²) in [5.41, 5.74) is 1.48. The fraction of sp³-hybridized carbons (Fsp3) is 0.556. The highest BCUT2D eigenvalue weighted by Gasteiger charge is 2.01. The van der Waals surface area contributed by atoms with E-state index in [2.05, 4.69) is 42.5 Å². The number of rotatable bonds is 3. The van der Waals surface area contributed by atoms with Gasteiger partial charge in [-0.1, -0.05) is 22.6 Å². The third-order valence-corrected chi connectivity index (χ3v) is 3.66. The molecule has 0 aliphatic rings. The first-order valence-electron chi connectivity index (χ1n) is 3.86. The zero-order valence-electron chi connectivity index (χ0n) is 6.98. The second kappa shape index (κ2) is 4.45. The van der Waals surface area contributed by atoms with Gasteiger partial charge in [-0.25, -0.2) is 0 Å². The van der Waals surface area contributed by atoms with Crippen molar-refractivity contribution >= 4 is 33.9 Å². The molecule has 0 saturated heterocycles. The summed E-state index contributed by atoms with van der Waals surface area (Å²) in [6.07, 6.45) is 2.59. The molecule has 2 heteroatoms. The van der Waals surface area contributed by atoms with E-state index in [0.29, 0.717) is 0 Å². The molecule has 0 amide bonds. The number of alkyl halides is 1. The minimum absolute atomic E-state index is 1.27. The Labute approximate surface area is 86.2 Å². The summed E-state index contributed by atoms with van der Waals surface area (Å²) in [5, 5.41) is 0. The predicted octanol–water partition coefficient (Wildman–Crippen LogP) is 3.73. The molecule has 0 fully saturated rings. The number of thiophene rings is 1. The highest BCUT2D eigenvalue weighted by molar-refractivity contribution is 14.1. The van der Waals surface area contributed by atoms with E-state index in [1.807, 2.05) is 11.3 Å². The molecule has 1 heterocycles. The van der Waals surface area contributed by atoms with Gasteiger partial charge in [-0.05, 0) is 42.7 Å². The van der Waals surface area contributed by atoms with E-state index < -0.39 is 0 Å². The van der Waals surface area contributed by atoms with Gasteiger partial charge in [-0.2, -0.15) is 0 Å². The maximum atomic E-state index is 2.44. The summed E-state index contributed by atoms with van der Waals surface area (Å²) < 4.78 is 1.27. The maximum absolute atomic E-state index is 2.44. The Bertz CT molecular complexity index is 227. The van der Waals surface area contributed by atoms with Crippen LogP contribution in [0.15, 0.2) is 6.07 Å². The fourth-order valence-corrected chi connectivity index (χ4v) is 2.64. The van der Waals surface area contributed by atoms with Crippen LogP contribution in [0.3, 0.4) is 0 Å². The van der Waals surface area contributed by atoms with Gasteiger partial charge in [0.05, 0.1) is 0 Å². The van der Waals surface area contributed by atoms with Crippen LogP contribution in [-0.2, 0) is 6.42 Å². The Hall–Kier alpha value is 0.430. The Kier molecular flexibility index (Phi) is 3.85. The summed E-state index contributed by atoms with van der Waals surface area (Å²) >= 11 is 4.39. The highest BCUT2D eigenvalue weighted by atomic mass is 127. The van der Waals surface area contributed by atoms with Gasteiger partial charge in [0.1, 0.15) is 0 Å². The van der Waals surface area contributed by atoms with Gasteiger partial charge in [0.15, 0.2) is 0 Å². The molecule has 0 radical (unpaired) electrons. The third kappa shape index (κ3) is 2.75. The molecule has 0 atom stereocenters.